The third-order valence-corrected chi connectivity index (χ3v) is 8.22. The number of para-hydroxylation sites is 1. The number of nitrogens with one attached hydrogen (secondary N) is 1. The molecule has 2 unspecified atom stereocenters. The number of aliphatic hydroxyl groups excluding tert-OH is 2. The van der Waals surface area contributed by atoms with Gasteiger partial charge in [-0.05, 0) is 39.3 Å². The first-order valence-corrected chi connectivity index (χ1v) is 13.8. The highest BCUT2D eigenvalue weighted by Crippen LogP contribution is 2.48. The number of benzene rings is 1. The van der Waals surface area contributed by atoms with Crippen molar-refractivity contribution in [3.63, 3.8) is 0 Å². The molecule has 0 saturated carbocycles. The highest BCUT2D eigenvalue weighted by atomic mass is 31.2. The molecule has 39 heavy (non-hydrogen) atoms. The van der Waals surface area contributed by atoms with Crippen molar-refractivity contribution in [2.24, 2.45) is 15.8 Å². The van der Waals surface area contributed by atoms with Crippen molar-refractivity contribution >= 4 is 25.9 Å². The maximum absolute atomic E-state index is 13.9. The summed E-state index contributed by atoms with van der Waals surface area (Å²) in [6.45, 7) is 4.05. The Morgan fingerprint density at radius 3 is 2.77 bits per heavy atom. The van der Waals surface area contributed by atoms with Gasteiger partial charge in [0.25, 0.3) is 0 Å². The van der Waals surface area contributed by atoms with E-state index in [1.807, 2.05) is 6.07 Å². The fraction of sp³-hybridized carbons (Fsp3) is 0.500. The van der Waals surface area contributed by atoms with Gasteiger partial charge in [0.1, 0.15) is 48.0 Å². The molecule has 0 radical (unpaired) electrons. The minimum absolute atomic E-state index is 0.0984. The SMILES string of the molecule is CCOC(=O)C(C)(C)NP(=O)(OC[C@H]1O[C@@](C#N)(C2CC=C3C(N)=NC=NN32)[C@H](O)[C@@H]1O)Oc1ccccc1. The second kappa shape index (κ2) is 11.1. The molecule has 0 bridgehead atoms. The van der Waals surface area contributed by atoms with Crippen LogP contribution in [0.15, 0.2) is 52.2 Å². The van der Waals surface area contributed by atoms with Crippen LogP contribution in [0.2, 0.25) is 0 Å². The number of carbonyl (C=O) groups excluding carboxylic acids is 1. The van der Waals surface area contributed by atoms with E-state index in [4.69, 9.17) is 24.3 Å². The lowest BCUT2D eigenvalue weighted by Gasteiger charge is -2.36. The molecule has 15 heteroatoms. The Labute approximate surface area is 225 Å². The Kier molecular flexibility index (Phi) is 8.13. The van der Waals surface area contributed by atoms with Crippen molar-refractivity contribution in [1.82, 2.24) is 10.1 Å². The van der Waals surface area contributed by atoms with Gasteiger partial charge in [0, 0.05) is 0 Å². The molecule has 5 N–H and O–H groups in total. The van der Waals surface area contributed by atoms with Gasteiger partial charge in [-0.15, -0.1) is 0 Å². The predicted molar refractivity (Wildman–Crippen MR) is 138 cm³/mol. The number of esters is 1. The van der Waals surface area contributed by atoms with Crippen molar-refractivity contribution in [2.45, 2.75) is 62.7 Å². The third kappa shape index (κ3) is 5.56. The summed E-state index contributed by atoms with van der Waals surface area (Å²) in [5.41, 5.74) is 2.93. The number of carbonyl (C=O) groups is 1. The van der Waals surface area contributed by atoms with E-state index in [2.05, 4.69) is 15.2 Å². The molecule has 6 atom stereocenters. The fourth-order valence-electron chi connectivity index (χ4n) is 4.51. The van der Waals surface area contributed by atoms with Gasteiger partial charge < -0.3 is 29.9 Å². The zero-order valence-electron chi connectivity index (χ0n) is 21.6. The van der Waals surface area contributed by atoms with Gasteiger partial charge in [0.2, 0.25) is 5.60 Å². The van der Waals surface area contributed by atoms with Crippen LogP contribution in [0.25, 0.3) is 0 Å². The molecule has 1 aromatic rings. The van der Waals surface area contributed by atoms with E-state index < -0.39 is 55.8 Å². The Bertz CT molecular complexity index is 1260. The van der Waals surface area contributed by atoms with Crippen LogP contribution in [0.3, 0.4) is 0 Å². The molecular formula is C24H31N6O8P. The summed E-state index contributed by atoms with van der Waals surface area (Å²) in [5.74, 6) is -0.335. The van der Waals surface area contributed by atoms with E-state index in [9.17, 15) is 24.8 Å². The molecule has 0 amide bonds. The average molecular weight is 563 g/mol. The highest BCUT2D eigenvalue weighted by molar-refractivity contribution is 7.52. The minimum atomic E-state index is -4.33. The van der Waals surface area contributed by atoms with Crippen LogP contribution in [0.4, 0.5) is 0 Å². The first-order chi connectivity index (χ1) is 18.5. The summed E-state index contributed by atoms with van der Waals surface area (Å²) in [6, 6.07) is 9.27. The quantitative estimate of drug-likeness (QED) is 0.231. The maximum Gasteiger partial charge on any atom is 0.459 e. The van der Waals surface area contributed by atoms with E-state index in [-0.39, 0.29) is 24.6 Å². The molecule has 0 spiro atoms. The molecule has 210 valence electrons. The van der Waals surface area contributed by atoms with E-state index in [0.717, 1.165) is 0 Å². The molecule has 1 aromatic carbocycles. The Balaban J connectivity index is 1.54. The highest BCUT2D eigenvalue weighted by Gasteiger charge is 2.62. The van der Waals surface area contributed by atoms with E-state index >= 15 is 0 Å². The van der Waals surface area contributed by atoms with Crippen LogP contribution in [-0.2, 0) is 23.4 Å². The second-order valence-electron chi connectivity index (χ2n) is 9.58. The molecule has 1 saturated heterocycles. The topological polar surface area (TPSA) is 201 Å². The molecule has 3 aliphatic heterocycles. The van der Waals surface area contributed by atoms with Crippen molar-refractivity contribution in [2.75, 3.05) is 13.2 Å². The number of nitrogens with zero attached hydrogens (tertiary/aromatic N) is 4. The van der Waals surface area contributed by atoms with Crippen molar-refractivity contribution in [3.05, 3.63) is 42.1 Å². The number of nitrogens with two attached hydrogens (primary N) is 1. The van der Waals surface area contributed by atoms with Crippen molar-refractivity contribution in [3.8, 4) is 11.8 Å². The second-order valence-corrected chi connectivity index (χ2v) is 11.2. The van der Waals surface area contributed by atoms with Crippen LogP contribution in [0.5, 0.6) is 5.75 Å². The third-order valence-electron chi connectivity index (χ3n) is 6.45. The number of amidine groups is 1. The zero-order chi connectivity index (χ0) is 28.4. The molecule has 14 nitrogen and oxygen atoms in total. The van der Waals surface area contributed by atoms with Gasteiger partial charge in [-0.25, -0.2) is 9.56 Å². The van der Waals surface area contributed by atoms with E-state index in [1.54, 1.807) is 43.3 Å². The number of hydrazone groups is 1. The maximum atomic E-state index is 13.9. The van der Waals surface area contributed by atoms with Crippen molar-refractivity contribution in [1.29, 1.82) is 5.26 Å². The molecule has 0 aliphatic carbocycles. The summed E-state index contributed by atoms with van der Waals surface area (Å²) in [5, 5.41) is 40.1. The minimum Gasteiger partial charge on any atom is -0.465 e. The fourth-order valence-corrected chi connectivity index (χ4v) is 6.19. The standard InChI is InChI=1S/C24H31N6O8P/c1-4-35-22(33)23(2,3)29-39(34,38-15-8-6-5-7-9-15)36-12-17-19(31)20(32)24(13-25,37-17)18-11-10-16-21(26)27-14-28-30(16)18/h5-10,14,17-20,31-32H,4,11-12H2,1-3H3,(H,29,34)(H2,26,27,28)/t17-,18?,19-,20-,24+,39?/m1/s1. The molecule has 3 aliphatic rings. The average Bonchev–Trinajstić information content (AvgIpc) is 3.44. The first kappa shape index (κ1) is 28.7. The monoisotopic (exact) mass is 562 g/mol. The smallest absolute Gasteiger partial charge is 0.459 e. The summed E-state index contributed by atoms with van der Waals surface area (Å²) >= 11 is 0. The number of fused-ring (bicyclic) bond motifs is 1. The van der Waals surface area contributed by atoms with Gasteiger partial charge in [-0.3, -0.25) is 14.3 Å². The summed E-state index contributed by atoms with van der Waals surface area (Å²) < 4.78 is 36.1. The number of aliphatic imine (C=N–C) groups is 1. The zero-order valence-corrected chi connectivity index (χ0v) is 22.5. The van der Waals surface area contributed by atoms with Gasteiger partial charge in [-0.2, -0.15) is 15.5 Å². The number of hydrogen-bond acceptors (Lipinski definition) is 13. The number of rotatable bonds is 10. The molecule has 3 heterocycles. The van der Waals surface area contributed by atoms with Gasteiger partial charge in [-0.1, -0.05) is 24.3 Å². The van der Waals surface area contributed by atoms with Crippen LogP contribution in [-0.4, -0.2) is 82.1 Å². The first-order valence-electron chi connectivity index (χ1n) is 12.2. The lowest BCUT2D eigenvalue weighted by atomic mass is 9.87. The Hall–Kier alpha value is -3.31. The Morgan fingerprint density at radius 1 is 1.38 bits per heavy atom. The van der Waals surface area contributed by atoms with Crippen LogP contribution in [0, 0.1) is 11.3 Å². The lowest BCUT2D eigenvalue weighted by Crippen LogP contribution is -2.56. The number of aliphatic hydroxyl groups is 2. The largest absolute Gasteiger partial charge is 0.465 e. The number of hydrogen-bond donors (Lipinski definition) is 4. The van der Waals surface area contributed by atoms with Crippen LogP contribution < -0.4 is 15.3 Å². The normalized spacial score (nSPS) is 29.6. The lowest BCUT2D eigenvalue weighted by molar-refractivity contribution is -0.149. The Morgan fingerprint density at radius 2 is 2.10 bits per heavy atom. The van der Waals surface area contributed by atoms with Gasteiger partial charge in [0.15, 0.2) is 5.84 Å². The summed E-state index contributed by atoms with van der Waals surface area (Å²) in [4.78, 5) is 16.4. The van der Waals surface area contributed by atoms with E-state index in [0.29, 0.717) is 5.70 Å². The number of ether oxygens (including phenoxy) is 2. The van der Waals surface area contributed by atoms with E-state index in [1.165, 1.54) is 25.2 Å². The molecule has 1 fully saturated rings. The summed E-state index contributed by atoms with van der Waals surface area (Å²) in [6.07, 6.45) is -1.45. The molecule has 0 aromatic heterocycles. The summed E-state index contributed by atoms with van der Waals surface area (Å²) in [7, 11) is -4.33. The van der Waals surface area contributed by atoms with Crippen molar-refractivity contribution < 1.29 is 38.1 Å². The van der Waals surface area contributed by atoms with Crippen LogP contribution >= 0.6 is 7.75 Å². The van der Waals surface area contributed by atoms with Gasteiger partial charge >= 0.3 is 13.7 Å². The predicted octanol–water partition coefficient (Wildman–Crippen LogP) is 0.777. The van der Waals surface area contributed by atoms with Gasteiger partial charge in [0.05, 0.1) is 18.9 Å². The van der Waals surface area contributed by atoms with Crippen LogP contribution in [0.1, 0.15) is 27.2 Å². The number of nitriles is 1. The molecular weight excluding hydrogens is 531 g/mol. The molecule has 4 rings (SSSR count).